The van der Waals surface area contributed by atoms with Crippen molar-refractivity contribution in [2.24, 2.45) is 0 Å². The van der Waals surface area contributed by atoms with Crippen LogP contribution in [-0.4, -0.2) is 31.3 Å². The Morgan fingerprint density at radius 2 is 2.00 bits per heavy atom. The Morgan fingerprint density at radius 1 is 1.29 bits per heavy atom. The molecule has 0 bridgehead atoms. The van der Waals surface area contributed by atoms with Gasteiger partial charge in [0, 0.05) is 13.1 Å². The predicted octanol–water partition coefficient (Wildman–Crippen LogP) is 1.14. The van der Waals surface area contributed by atoms with Crippen LogP contribution in [0.1, 0.15) is 7.43 Å². The van der Waals surface area contributed by atoms with Crippen LogP contribution in [0.15, 0.2) is 18.3 Å². The first kappa shape index (κ1) is 10.8. The number of nitrogen functional groups attached to an aromatic ring is 1. The molecule has 1 fully saturated rings. The Bertz CT molecular complexity index is 267. The van der Waals surface area contributed by atoms with Gasteiger partial charge in [0.05, 0.1) is 25.1 Å². The van der Waals surface area contributed by atoms with E-state index in [1.54, 1.807) is 6.20 Å². The highest BCUT2D eigenvalue weighted by Crippen LogP contribution is 2.14. The summed E-state index contributed by atoms with van der Waals surface area (Å²) >= 11 is 0. The van der Waals surface area contributed by atoms with E-state index in [9.17, 15) is 0 Å². The van der Waals surface area contributed by atoms with Crippen molar-refractivity contribution in [1.29, 1.82) is 0 Å². The van der Waals surface area contributed by atoms with Crippen molar-refractivity contribution in [1.82, 2.24) is 4.98 Å². The first-order valence-corrected chi connectivity index (χ1v) is 4.40. The molecule has 4 heteroatoms. The van der Waals surface area contributed by atoms with Gasteiger partial charge < -0.3 is 15.4 Å². The lowest BCUT2D eigenvalue weighted by Gasteiger charge is -2.28. The zero-order valence-corrected chi connectivity index (χ0v) is 7.44. The van der Waals surface area contributed by atoms with Crippen LogP contribution < -0.4 is 10.6 Å². The summed E-state index contributed by atoms with van der Waals surface area (Å²) in [6.45, 7) is 3.46. The van der Waals surface area contributed by atoms with E-state index in [2.05, 4.69) is 9.88 Å². The SMILES string of the molecule is C.Nc1ccc(N2CCOCC2)cn1. The van der Waals surface area contributed by atoms with E-state index in [4.69, 9.17) is 10.5 Å². The second-order valence-electron chi connectivity index (χ2n) is 3.04. The molecule has 1 aromatic rings. The number of hydrogen-bond acceptors (Lipinski definition) is 4. The highest BCUT2D eigenvalue weighted by atomic mass is 16.5. The Morgan fingerprint density at radius 3 is 2.57 bits per heavy atom. The second kappa shape index (κ2) is 4.81. The molecule has 0 radical (unpaired) electrons. The Hall–Kier alpha value is -1.29. The number of nitrogens with two attached hydrogens (primary N) is 1. The Kier molecular flexibility index (Phi) is 3.71. The van der Waals surface area contributed by atoms with Crippen LogP contribution in [0.5, 0.6) is 0 Å². The summed E-state index contributed by atoms with van der Waals surface area (Å²) < 4.78 is 5.26. The third kappa shape index (κ3) is 2.35. The molecule has 0 unspecified atom stereocenters. The number of morpholine rings is 1. The van der Waals surface area contributed by atoms with Crippen molar-refractivity contribution in [2.45, 2.75) is 7.43 Å². The van der Waals surface area contributed by atoms with Crippen LogP contribution in [0, 0.1) is 0 Å². The number of ether oxygens (including phenoxy) is 1. The number of aromatic nitrogens is 1. The minimum atomic E-state index is 0. The van der Waals surface area contributed by atoms with Gasteiger partial charge in [-0.2, -0.15) is 0 Å². The van der Waals surface area contributed by atoms with E-state index in [1.165, 1.54) is 0 Å². The standard InChI is InChI=1S/C9H13N3O.CH4/c10-9-2-1-8(7-11-9)12-3-5-13-6-4-12;/h1-2,7H,3-6H2,(H2,10,11);1H4. The van der Waals surface area contributed by atoms with Crippen LogP contribution in [0.3, 0.4) is 0 Å². The Labute approximate surface area is 84.7 Å². The van der Waals surface area contributed by atoms with E-state index in [1.807, 2.05) is 12.1 Å². The third-order valence-electron chi connectivity index (χ3n) is 2.15. The second-order valence-corrected chi connectivity index (χ2v) is 3.04. The van der Waals surface area contributed by atoms with Gasteiger partial charge in [-0.25, -0.2) is 4.98 Å². The van der Waals surface area contributed by atoms with Crippen LogP contribution in [0.25, 0.3) is 0 Å². The van der Waals surface area contributed by atoms with E-state index in [0.717, 1.165) is 32.0 Å². The molecule has 0 aromatic carbocycles. The molecule has 4 nitrogen and oxygen atoms in total. The average Bonchev–Trinajstić information content (AvgIpc) is 2.20. The van der Waals surface area contributed by atoms with Crippen molar-refractivity contribution in [3.8, 4) is 0 Å². The van der Waals surface area contributed by atoms with Gasteiger partial charge in [-0.05, 0) is 12.1 Å². The highest BCUT2D eigenvalue weighted by Gasteiger charge is 2.10. The summed E-state index contributed by atoms with van der Waals surface area (Å²) in [6, 6.07) is 3.82. The fraction of sp³-hybridized carbons (Fsp3) is 0.500. The molecule has 78 valence electrons. The summed E-state index contributed by atoms with van der Waals surface area (Å²) in [6.07, 6.45) is 1.81. The maximum Gasteiger partial charge on any atom is 0.123 e. The largest absolute Gasteiger partial charge is 0.384 e. The number of rotatable bonds is 1. The zero-order valence-electron chi connectivity index (χ0n) is 7.44. The van der Waals surface area contributed by atoms with Gasteiger partial charge in [0.2, 0.25) is 0 Å². The average molecular weight is 195 g/mol. The lowest BCUT2D eigenvalue weighted by Crippen LogP contribution is -2.36. The van der Waals surface area contributed by atoms with E-state index in [-0.39, 0.29) is 7.43 Å². The maximum atomic E-state index is 5.50. The summed E-state index contributed by atoms with van der Waals surface area (Å²) in [5.41, 5.74) is 6.62. The molecule has 0 spiro atoms. The highest BCUT2D eigenvalue weighted by molar-refractivity contribution is 5.48. The van der Waals surface area contributed by atoms with Crippen LogP contribution in [0.4, 0.5) is 11.5 Å². The normalized spacial score (nSPS) is 16.1. The van der Waals surface area contributed by atoms with Gasteiger partial charge in [0.25, 0.3) is 0 Å². The molecule has 0 atom stereocenters. The van der Waals surface area contributed by atoms with Gasteiger partial charge in [-0.1, -0.05) is 7.43 Å². The van der Waals surface area contributed by atoms with Crippen LogP contribution >= 0.6 is 0 Å². The van der Waals surface area contributed by atoms with Gasteiger partial charge in [0.15, 0.2) is 0 Å². The molecule has 1 saturated heterocycles. The summed E-state index contributed by atoms with van der Waals surface area (Å²) in [5, 5.41) is 0. The fourth-order valence-electron chi connectivity index (χ4n) is 1.41. The topological polar surface area (TPSA) is 51.4 Å². The molecule has 0 amide bonds. The summed E-state index contributed by atoms with van der Waals surface area (Å²) in [4.78, 5) is 6.30. The molecule has 0 aliphatic carbocycles. The van der Waals surface area contributed by atoms with E-state index < -0.39 is 0 Å². The summed E-state index contributed by atoms with van der Waals surface area (Å²) in [5.74, 6) is 0.567. The van der Waals surface area contributed by atoms with Crippen molar-refractivity contribution < 1.29 is 4.74 Å². The third-order valence-corrected chi connectivity index (χ3v) is 2.15. The Balaban J connectivity index is 0.000000980. The molecule has 1 aromatic heterocycles. The minimum absolute atomic E-state index is 0. The molecule has 2 rings (SSSR count). The van der Waals surface area contributed by atoms with E-state index >= 15 is 0 Å². The van der Waals surface area contributed by atoms with Crippen LogP contribution in [0.2, 0.25) is 0 Å². The predicted molar refractivity (Wildman–Crippen MR) is 58.4 cm³/mol. The van der Waals surface area contributed by atoms with Crippen molar-refractivity contribution in [2.75, 3.05) is 36.9 Å². The molecular weight excluding hydrogens is 178 g/mol. The molecule has 1 aliphatic rings. The maximum absolute atomic E-state index is 5.50. The monoisotopic (exact) mass is 195 g/mol. The first-order valence-electron chi connectivity index (χ1n) is 4.40. The number of pyridine rings is 1. The number of nitrogens with zero attached hydrogens (tertiary/aromatic N) is 2. The molecular formula is C10H17N3O. The molecule has 14 heavy (non-hydrogen) atoms. The molecule has 2 N–H and O–H groups in total. The van der Waals surface area contributed by atoms with Gasteiger partial charge in [0.1, 0.15) is 5.82 Å². The fourth-order valence-corrected chi connectivity index (χ4v) is 1.41. The van der Waals surface area contributed by atoms with Crippen molar-refractivity contribution in [3.63, 3.8) is 0 Å². The number of anilines is 2. The molecule has 1 aliphatic heterocycles. The smallest absolute Gasteiger partial charge is 0.123 e. The molecule has 0 saturated carbocycles. The first-order chi connectivity index (χ1) is 6.36. The lowest BCUT2D eigenvalue weighted by molar-refractivity contribution is 0.122. The number of hydrogen-bond donors (Lipinski definition) is 1. The summed E-state index contributed by atoms with van der Waals surface area (Å²) in [7, 11) is 0. The van der Waals surface area contributed by atoms with Gasteiger partial charge in [-0.15, -0.1) is 0 Å². The zero-order chi connectivity index (χ0) is 9.10. The van der Waals surface area contributed by atoms with E-state index in [0.29, 0.717) is 5.82 Å². The quantitative estimate of drug-likeness (QED) is 0.730. The lowest BCUT2D eigenvalue weighted by atomic mass is 10.3. The minimum Gasteiger partial charge on any atom is -0.384 e. The van der Waals surface area contributed by atoms with Crippen LogP contribution in [-0.2, 0) is 4.74 Å². The molecule has 2 heterocycles. The van der Waals surface area contributed by atoms with Gasteiger partial charge in [-0.3, -0.25) is 0 Å². The van der Waals surface area contributed by atoms with Crippen molar-refractivity contribution >= 4 is 11.5 Å². The van der Waals surface area contributed by atoms with Crippen molar-refractivity contribution in [3.05, 3.63) is 18.3 Å². The van der Waals surface area contributed by atoms with Gasteiger partial charge >= 0.3 is 0 Å².